The molecule has 0 bridgehead atoms. The number of hydrogen-bond donors (Lipinski definition) is 2. The minimum Gasteiger partial charge on any atom is -0.368 e. The van der Waals surface area contributed by atoms with Gasteiger partial charge in [-0.05, 0) is 25.6 Å². The van der Waals surface area contributed by atoms with Crippen LogP contribution >= 0.6 is 11.6 Å². The highest BCUT2D eigenvalue weighted by atomic mass is 35.5. The number of aromatic nitrogens is 3. The van der Waals surface area contributed by atoms with Crippen LogP contribution in [0.25, 0.3) is 0 Å². The van der Waals surface area contributed by atoms with Crippen LogP contribution in [0.2, 0.25) is 5.15 Å². The molecule has 0 saturated carbocycles. The lowest BCUT2D eigenvalue weighted by Gasteiger charge is -2.33. The molecule has 26 heavy (non-hydrogen) atoms. The van der Waals surface area contributed by atoms with Crippen molar-refractivity contribution in [2.75, 3.05) is 43.4 Å². The van der Waals surface area contributed by atoms with E-state index >= 15 is 0 Å². The molecule has 3 heterocycles. The van der Waals surface area contributed by atoms with Crippen LogP contribution in [0.5, 0.6) is 0 Å². The van der Waals surface area contributed by atoms with Crippen molar-refractivity contribution in [1.82, 2.24) is 19.9 Å². The molecule has 0 aliphatic carbocycles. The molecule has 0 spiro atoms. The Bertz CT molecular complexity index is 788. The molecule has 138 valence electrons. The summed E-state index contributed by atoms with van der Waals surface area (Å²) >= 11 is 6.11. The number of piperazine rings is 1. The van der Waals surface area contributed by atoms with Gasteiger partial charge in [-0.3, -0.25) is 4.79 Å². The Morgan fingerprint density at radius 2 is 2.00 bits per heavy atom. The summed E-state index contributed by atoms with van der Waals surface area (Å²) in [5.74, 6) is 0.0833. The number of aryl methyl sites for hydroxylation is 1. The number of hydrogen-bond acceptors (Lipinski definition) is 7. The minimum atomic E-state index is -0.666. The predicted octanol–water partition coefficient (Wildman–Crippen LogP) is 1.68. The third-order valence-electron chi connectivity index (χ3n) is 4.35. The van der Waals surface area contributed by atoms with Crippen LogP contribution < -0.4 is 16.0 Å². The molecule has 3 rings (SSSR count). The average Bonchev–Trinajstić information content (AvgIpc) is 2.63. The van der Waals surface area contributed by atoms with Gasteiger partial charge in [-0.25, -0.2) is 15.0 Å². The SMILES string of the molecule is CCc1nc(C(N)=O)c(Nc2ccc(N3CCN(C)CC3)cn2)nc1Cl. The second kappa shape index (κ2) is 7.84. The van der Waals surface area contributed by atoms with Crippen molar-refractivity contribution < 1.29 is 4.79 Å². The van der Waals surface area contributed by atoms with Crippen LogP contribution in [-0.4, -0.2) is 59.0 Å². The van der Waals surface area contributed by atoms with Gasteiger partial charge in [-0.1, -0.05) is 18.5 Å². The van der Waals surface area contributed by atoms with Crippen LogP contribution in [-0.2, 0) is 6.42 Å². The van der Waals surface area contributed by atoms with Gasteiger partial charge in [0.05, 0.1) is 17.6 Å². The van der Waals surface area contributed by atoms with E-state index in [4.69, 9.17) is 17.3 Å². The number of nitrogens with two attached hydrogens (primary N) is 1. The van der Waals surface area contributed by atoms with Crippen molar-refractivity contribution in [2.24, 2.45) is 5.73 Å². The maximum absolute atomic E-state index is 11.7. The van der Waals surface area contributed by atoms with Gasteiger partial charge in [0.25, 0.3) is 5.91 Å². The molecule has 8 nitrogen and oxygen atoms in total. The molecule has 0 atom stereocenters. The molecule has 0 unspecified atom stereocenters. The van der Waals surface area contributed by atoms with E-state index in [1.807, 2.05) is 19.1 Å². The number of likely N-dealkylation sites (N-methyl/N-ethyl adjacent to an activating group) is 1. The molecular formula is C17H22ClN7O. The Morgan fingerprint density at radius 3 is 2.58 bits per heavy atom. The van der Waals surface area contributed by atoms with Crippen molar-refractivity contribution in [3.63, 3.8) is 0 Å². The number of nitrogens with zero attached hydrogens (tertiary/aromatic N) is 5. The summed E-state index contributed by atoms with van der Waals surface area (Å²) < 4.78 is 0. The second-order valence-corrected chi connectivity index (χ2v) is 6.55. The summed E-state index contributed by atoms with van der Waals surface area (Å²) in [6, 6.07) is 3.82. The van der Waals surface area contributed by atoms with E-state index < -0.39 is 5.91 Å². The van der Waals surface area contributed by atoms with Crippen LogP contribution in [0.3, 0.4) is 0 Å². The molecule has 1 aliphatic rings. The largest absolute Gasteiger partial charge is 0.368 e. The molecule has 1 amide bonds. The molecule has 2 aromatic rings. The molecule has 0 aromatic carbocycles. The Kier molecular flexibility index (Phi) is 5.53. The molecule has 2 aromatic heterocycles. The Labute approximate surface area is 157 Å². The zero-order valence-electron chi connectivity index (χ0n) is 14.9. The van der Waals surface area contributed by atoms with Crippen LogP contribution in [0, 0.1) is 0 Å². The number of carbonyl (C=O) groups is 1. The van der Waals surface area contributed by atoms with Crippen molar-refractivity contribution in [3.05, 3.63) is 34.9 Å². The van der Waals surface area contributed by atoms with Gasteiger partial charge in [-0.2, -0.15) is 0 Å². The summed E-state index contributed by atoms with van der Waals surface area (Å²) in [6.07, 6.45) is 2.36. The fourth-order valence-corrected chi connectivity index (χ4v) is 3.03. The zero-order valence-corrected chi connectivity index (χ0v) is 15.6. The average molecular weight is 376 g/mol. The van der Waals surface area contributed by atoms with E-state index in [-0.39, 0.29) is 16.7 Å². The lowest BCUT2D eigenvalue weighted by Crippen LogP contribution is -2.44. The van der Waals surface area contributed by atoms with Crippen molar-refractivity contribution in [2.45, 2.75) is 13.3 Å². The highest BCUT2D eigenvalue weighted by Gasteiger charge is 2.17. The number of rotatable bonds is 5. The number of primary amides is 1. The van der Waals surface area contributed by atoms with Crippen molar-refractivity contribution in [3.8, 4) is 0 Å². The van der Waals surface area contributed by atoms with E-state index in [1.165, 1.54) is 0 Å². The predicted molar refractivity (Wildman–Crippen MR) is 102 cm³/mol. The Morgan fingerprint density at radius 1 is 1.27 bits per heavy atom. The molecule has 1 aliphatic heterocycles. The summed E-state index contributed by atoms with van der Waals surface area (Å²) in [5, 5.41) is 3.23. The first-order chi connectivity index (χ1) is 12.5. The first-order valence-corrected chi connectivity index (χ1v) is 8.88. The van der Waals surface area contributed by atoms with E-state index in [0.717, 1.165) is 31.9 Å². The Hall–Kier alpha value is -2.45. The van der Waals surface area contributed by atoms with Gasteiger partial charge in [0.2, 0.25) is 0 Å². The monoisotopic (exact) mass is 375 g/mol. The first-order valence-electron chi connectivity index (χ1n) is 8.50. The van der Waals surface area contributed by atoms with E-state index in [9.17, 15) is 4.79 Å². The zero-order chi connectivity index (χ0) is 18.7. The lowest BCUT2D eigenvalue weighted by atomic mass is 10.3. The van der Waals surface area contributed by atoms with Gasteiger partial charge in [0.1, 0.15) is 5.82 Å². The number of amides is 1. The summed E-state index contributed by atoms with van der Waals surface area (Å²) in [7, 11) is 2.12. The molecule has 0 radical (unpaired) electrons. The van der Waals surface area contributed by atoms with Gasteiger partial charge >= 0.3 is 0 Å². The van der Waals surface area contributed by atoms with Gasteiger partial charge in [0.15, 0.2) is 16.7 Å². The molecular weight excluding hydrogens is 354 g/mol. The van der Waals surface area contributed by atoms with E-state index in [0.29, 0.717) is 17.9 Å². The number of pyridine rings is 1. The number of carbonyl (C=O) groups excluding carboxylic acids is 1. The number of anilines is 3. The minimum absolute atomic E-state index is 0.0520. The molecule has 1 fully saturated rings. The van der Waals surface area contributed by atoms with Crippen LogP contribution in [0.1, 0.15) is 23.1 Å². The summed E-state index contributed by atoms with van der Waals surface area (Å²) in [5.41, 5.74) is 7.06. The topological polar surface area (TPSA) is 100 Å². The molecule has 3 N–H and O–H groups in total. The van der Waals surface area contributed by atoms with Crippen molar-refractivity contribution >= 4 is 34.8 Å². The van der Waals surface area contributed by atoms with Crippen LogP contribution in [0.15, 0.2) is 18.3 Å². The van der Waals surface area contributed by atoms with Crippen LogP contribution in [0.4, 0.5) is 17.3 Å². The highest BCUT2D eigenvalue weighted by molar-refractivity contribution is 6.30. The maximum atomic E-state index is 11.7. The highest BCUT2D eigenvalue weighted by Crippen LogP contribution is 2.23. The normalized spacial score (nSPS) is 15.1. The quantitative estimate of drug-likeness (QED) is 0.819. The third-order valence-corrected chi connectivity index (χ3v) is 4.65. The number of halogens is 1. The fourth-order valence-electron chi connectivity index (χ4n) is 2.77. The van der Waals surface area contributed by atoms with E-state index in [2.05, 4.69) is 37.1 Å². The fraction of sp³-hybridized carbons (Fsp3) is 0.412. The summed E-state index contributed by atoms with van der Waals surface area (Å²) in [4.78, 5) is 29.1. The third kappa shape index (κ3) is 4.03. The van der Waals surface area contributed by atoms with Crippen molar-refractivity contribution in [1.29, 1.82) is 0 Å². The standard InChI is InChI=1S/C17H22ClN7O/c1-3-12-15(18)23-17(14(21-12)16(19)26)22-13-5-4-11(10-20-13)25-8-6-24(2)7-9-25/h4-5,10H,3,6-9H2,1-2H3,(H2,19,26)(H,20,22,23). The lowest BCUT2D eigenvalue weighted by molar-refractivity contribution is 0.0996. The van der Waals surface area contributed by atoms with Gasteiger partial charge in [0, 0.05) is 26.2 Å². The molecule has 9 heteroatoms. The van der Waals surface area contributed by atoms with Gasteiger partial charge in [-0.15, -0.1) is 0 Å². The maximum Gasteiger partial charge on any atom is 0.271 e. The second-order valence-electron chi connectivity index (χ2n) is 6.19. The van der Waals surface area contributed by atoms with E-state index in [1.54, 1.807) is 6.20 Å². The Balaban J connectivity index is 1.79. The molecule has 1 saturated heterocycles. The number of nitrogens with one attached hydrogen (secondary N) is 1. The summed E-state index contributed by atoms with van der Waals surface area (Å²) in [6.45, 7) is 5.87. The smallest absolute Gasteiger partial charge is 0.271 e. The van der Waals surface area contributed by atoms with Gasteiger partial charge < -0.3 is 20.9 Å². The first kappa shape index (κ1) is 18.3.